The smallest absolute Gasteiger partial charge is 0.138 e. The van der Waals surface area contributed by atoms with Gasteiger partial charge < -0.3 is 10.6 Å². The molecule has 2 saturated carbocycles. The van der Waals surface area contributed by atoms with Crippen LogP contribution in [0.5, 0.6) is 0 Å². The Balaban J connectivity index is 0.000000202. The molecule has 4 rings (SSSR count). The van der Waals surface area contributed by atoms with Crippen LogP contribution in [0.15, 0.2) is 0 Å². The van der Waals surface area contributed by atoms with Crippen LogP contribution < -0.4 is 10.6 Å². The number of ketones is 2. The van der Waals surface area contributed by atoms with E-state index in [4.69, 9.17) is 0 Å². The summed E-state index contributed by atoms with van der Waals surface area (Å²) in [6, 6.07) is 1.09. The largest absolute Gasteiger partial charge is 0.313 e. The normalized spacial score (nSPS) is 36.2. The van der Waals surface area contributed by atoms with E-state index in [9.17, 15) is 9.59 Å². The van der Waals surface area contributed by atoms with Crippen molar-refractivity contribution in [3.8, 4) is 0 Å². The Morgan fingerprint density at radius 3 is 1.45 bits per heavy atom. The van der Waals surface area contributed by atoms with Gasteiger partial charge in [0.25, 0.3) is 0 Å². The summed E-state index contributed by atoms with van der Waals surface area (Å²) in [5, 5.41) is 6.78. The van der Waals surface area contributed by atoms with Gasteiger partial charge in [0.05, 0.1) is 0 Å². The molecule has 4 nitrogen and oxygen atoms in total. The molecule has 0 aromatic carbocycles. The first-order valence-corrected chi connectivity index (χ1v) is 8.28. The first-order valence-electron chi connectivity index (χ1n) is 8.28. The Hall–Kier alpha value is -0.160. The highest BCUT2D eigenvalue weighted by atomic mass is 35.5. The van der Waals surface area contributed by atoms with Crippen LogP contribution in [0.4, 0.5) is 0 Å². The molecule has 0 unspecified atom stereocenters. The van der Waals surface area contributed by atoms with Gasteiger partial charge in [-0.3, -0.25) is 9.59 Å². The summed E-state index contributed by atoms with van der Waals surface area (Å²) in [7, 11) is 0. The summed E-state index contributed by atoms with van der Waals surface area (Å²) in [5.74, 6) is 1.77. The zero-order valence-electron chi connectivity index (χ0n) is 13.0. The topological polar surface area (TPSA) is 58.2 Å². The summed E-state index contributed by atoms with van der Waals surface area (Å²) in [4.78, 5) is 22.5. The van der Waals surface area contributed by atoms with Gasteiger partial charge in [-0.25, -0.2) is 0 Å². The quantitative estimate of drug-likeness (QED) is 0.703. The lowest BCUT2D eigenvalue weighted by molar-refractivity contribution is -0.125. The fourth-order valence-corrected chi connectivity index (χ4v) is 4.31. The van der Waals surface area contributed by atoms with Crippen LogP contribution in [0.25, 0.3) is 0 Å². The number of nitrogens with one attached hydrogen (secondary N) is 2. The van der Waals surface area contributed by atoms with Crippen LogP contribution in [0.3, 0.4) is 0 Å². The molecular weight excluding hydrogens is 323 g/mol. The van der Waals surface area contributed by atoms with E-state index in [-0.39, 0.29) is 24.8 Å². The predicted molar refractivity (Wildman–Crippen MR) is 92.0 cm³/mol. The summed E-state index contributed by atoms with van der Waals surface area (Å²) in [5.41, 5.74) is 0. The maximum atomic E-state index is 11.2. The average molecular weight is 351 g/mol. The van der Waals surface area contributed by atoms with Crippen molar-refractivity contribution in [1.29, 1.82) is 0 Å². The number of halogens is 2. The van der Waals surface area contributed by atoms with Gasteiger partial charge in [-0.15, -0.1) is 24.8 Å². The molecule has 0 aromatic heterocycles. The minimum Gasteiger partial charge on any atom is -0.313 e. The maximum Gasteiger partial charge on any atom is 0.138 e. The fourth-order valence-electron chi connectivity index (χ4n) is 4.31. The number of piperidine rings is 2. The minimum absolute atomic E-state index is 0. The number of carbonyl (C=O) groups is 2. The van der Waals surface area contributed by atoms with Crippen molar-refractivity contribution >= 4 is 36.4 Å². The van der Waals surface area contributed by atoms with E-state index in [0.29, 0.717) is 35.5 Å². The molecule has 2 saturated heterocycles. The highest BCUT2D eigenvalue weighted by Crippen LogP contribution is 2.30. The molecular formula is C16H28Cl2N2O2. The van der Waals surface area contributed by atoms with Gasteiger partial charge in [0, 0.05) is 49.9 Å². The monoisotopic (exact) mass is 350 g/mol. The van der Waals surface area contributed by atoms with Crippen LogP contribution in [-0.4, -0.2) is 36.7 Å². The van der Waals surface area contributed by atoms with Gasteiger partial charge in [0.15, 0.2) is 0 Å². The second-order valence-corrected chi connectivity index (χ2v) is 6.63. The van der Waals surface area contributed by atoms with Crippen molar-refractivity contribution < 1.29 is 9.59 Å². The first-order chi connectivity index (χ1) is 9.75. The molecule has 0 bridgehead atoms. The molecule has 4 fully saturated rings. The highest BCUT2D eigenvalue weighted by Gasteiger charge is 2.35. The lowest BCUT2D eigenvalue weighted by Gasteiger charge is -2.24. The Labute approximate surface area is 145 Å². The summed E-state index contributed by atoms with van der Waals surface area (Å²) in [6.45, 7) is 1.83. The van der Waals surface area contributed by atoms with Gasteiger partial charge >= 0.3 is 0 Å². The lowest BCUT2D eigenvalue weighted by atomic mass is 9.93. The molecule has 2 aliphatic heterocycles. The van der Waals surface area contributed by atoms with E-state index in [1.54, 1.807) is 0 Å². The average Bonchev–Trinajstić information content (AvgIpc) is 3.08. The molecule has 4 aliphatic rings. The molecule has 0 radical (unpaired) electrons. The number of carbonyl (C=O) groups excluding carboxylic acids is 2. The summed E-state index contributed by atoms with van der Waals surface area (Å²) < 4.78 is 0. The SMILES string of the molecule is Cl.Cl.O=C1CCN[C@@H]2CCC[C@H]12.O=C1CCN[C@H]2CCC[C@@H]12. The van der Waals surface area contributed by atoms with Crippen molar-refractivity contribution in [1.82, 2.24) is 10.6 Å². The second kappa shape index (κ2) is 9.21. The van der Waals surface area contributed by atoms with Crippen LogP contribution in [0, 0.1) is 11.8 Å². The summed E-state index contributed by atoms with van der Waals surface area (Å²) in [6.07, 6.45) is 8.73. The predicted octanol–water partition coefficient (Wildman–Crippen LogP) is 2.28. The van der Waals surface area contributed by atoms with Crippen molar-refractivity contribution in [2.75, 3.05) is 13.1 Å². The number of hydrogen-bond acceptors (Lipinski definition) is 4. The lowest BCUT2D eigenvalue weighted by Crippen LogP contribution is -2.43. The third kappa shape index (κ3) is 4.44. The Bertz CT molecular complexity index is 356. The van der Waals surface area contributed by atoms with Crippen LogP contribution in [0.2, 0.25) is 0 Å². The van der Waals surface area contributed by atoms with Crippen molar-refractivity contribution in [2.24, 2.45) is 11.8 Å². The maximum absolute atomic E-state index is 11.2. The molecule has 0 amide bonds. The van der Waals surface area contributed by atoms with Gasteiger partial charge in [-0.2, -0.15) is 0 Å². The molecule has 0 spiro atoms. The minimum atomic E-state index is 0. The fraction of sp³-hybridized carbons (Fsp3) is 0.875. The van der Waals surface area contributed by atoms with Crippen LogP contribution >= 0.6 is 24.8 Å². The summed E-state index contributed by atoms with van der Waals surface area (Å²) >= 11 is 0. The number of rotatable bonds is 0. The van der Waals surface area contributed by atoms with E-state index < -0.39 is 0 Å². The Morgan fingerprint density at radius 1 is 0.682 bits per heavy atom. The molecule has 6 heteroatoms. The Morgan fingerprint density at radius 2 is 1.09 bits per heavy atom. The van der Waals surface area contributed by atoms with Crippen molar-refractivity contribution in [2.45, 2.75) is 63.5 Å². The molecule has 128 valence electrons. The molecule has 2 aliphatic carbocycles. The van der Waals surface area contributed by atoms with Crippen LogP contribution in [0.1, 0.15) is 51.4 Å². The number of Topliss-reactive ketones (excluding diaryl/α,β-unsaturated/α-hetero) is 2. The van der Waals surface area contributed by atoms with E-state index >= 15 is 0 Å². The highest BCUT2D eigenvalue weighted by molar-refractivity contribution is 5.85. The molecule has 2 N–H and O–H groups in total. The molecule has 22 heavy (non-hydrogen) atoms. The van der Waals surface area contributed by atoms with Crippen molar-refractivity contribution in [3.63, 3.8) is 0 Å². The van der Waals surface area contributed by atoms with Gasteiger partial charge in [0.1, 0.15) is 11.6 Å². The molecule has 2 heterocycles. The van der Waals surface area contributed by atoms with Gasteiger partial charge in [-0.05, 0) is 25.7 Å². The van der Waals surface area contributed by atoms with Gasteiger partial charge in [-0.1, -0.05) is 12.8 Å². The van der Waals surface area contributed by atoms with E-state index in [2.05, 4.69) is 10.6 Å². The number of hydrogen-bond donors (Lipinski definition) is 2. The zero-order chi connectivity index (χ0) is 13.9. The molecule has 4 atom stereocenters. The zero-order valence-corrected chi connectivity index (χ0v) is 14.6. The number of fused-ring (bicyclic) bond motifs is 2. The van der Waals surface area contributed by atoms with E-state index in [0.717, 1.165) is 38.8 Å². The third-order valence-electron chi connectivity index (χ3n) is 5.41. The van der Waals surface area contributed by atoms with Crippen LogP contribution in [-0.2, 0) is 9.59 Å². The van der Waals surface area contributed by atoms with Crippen molar-refractivity contribution in [3.05, 3.63) is 0 Å². The standard InChI is InChI=1S/2C8H13NO.2ClH/c2*10-8-4-5-9-7-3-1-2-6(7)8;;/h2*6-7,9H,1-5H2;2*1H/t2*6-,7+;;/m10../s1. The molecule has 0 aromatic rings. The Kier molecular flexibility index (Phi) is 8.33. The van der Waals surface area contributed by atoms with Gasteiger partial charge in [0.2, 0.25) is 0 Å². The third-order valence-corrected chi connectivity index (χ3v) is 5.41. The first kappa shape index (κ1) is 19.9. The van der Waals surface area contributed by atoms with E-state index in [1.165, 1.54) is 25.7 Å². The van der Waals surface area contributed by atoms with E-state index in [1.807, 2.05) is 0 Å². The second-order valence-electron chi connectivity index (χ2n) is 6.63.